The summed E-state index contributed by atoms with van der Waals surface area (Å²) in [7, 11) is 0. The molecule has 9 heteroatoms. The summed E-state index contributed by atoms with van der Waals surface area (Å²) in [6, 6.07) is 17.2. The van der Waals surface area contributed by atoms with Crippen molar-refractivity contribution >= 4 is 29.2 Å². The zero-order valence-corrected chi connectivity index (χ0v) is 20.1. The number of carbonyl (C=O) groups excluding carboxylic acids is 2. The number of esters is 2. The van der Waals surface area contributed by atoms with E-state index in [0.717, 1.165) is 5.56 Å². The highest BCUT2D eigenvalue weighted by Crippen LogP contribution is 2.40. The Morgan fingerprint density at radius 1 is 0.972 bits per heavy atom. The van der Waals surface area contributed by atoms with Crippen LogP contribution >= 0.6 is 11.6 Å². The summed E-state index contributed by atoms with van der Waals surface area (Å²) in [4.78, 5) is 24.6. The first-order valence-electron chi connectivity index (χ1n) is 11.6. The second kappa shape index (κ2) is 10.2. The average Bonchev–Trinajstić information content (AvgIpc) is 3.12. The maximum absolute atomic E-state index is 14.9. The van der Waals surface area contributed by atoms with E-state index in [-0.39, 0.29) is 25.9 Å². The molecule has 3 aromatic carbocycles. The van der Waals surface area contributed by atoms with E-state index in [9.17, 15) is 14.0 Å². The van der Waals surface area contributed by atoms with Gasteiger partial charge in [0.05, 0.1) is 30.1 Å². The quantitative estimate of drug-likeness (QED) is 0.464. The fraction of sp³-hybridized carbons (Fsp3) is 0.259. The van der Waals surface area contributed by atoms with Crippen molar-refractivity contribution in [3.05, 3.63) is 88.2 Å². The lowest BCUT2D eigenvalue weighted by Gasteiger charge is -2.32. The molecule has 1 spiro atoms. The topological polar surface area (TPSA) is 85.9 Å². The van der Waals surface area contributed by atoms with Crippen molar-refractivity contribution in [3.8, 4) is 11.5 Å². The second-order valence-electron chi connectivity index (χ2n) is 8.60. The van der Waals surface area contributed by atoms with Gasteiger partial charge in [-0.1, -0.05) is 35.9 Å². The van der Waals surface area contributed by atoms with Crippen LogP contribution in [0, 0.1) is 5.82 Å². The molecule has 0 saturated carbocycles. The average molecular weight is 511 g/mol. The molecule has 2 heterocycles. The Labute approximate surface area is 212 Å². The second-order valence-corrected chi connectivity index (χ2v) is 9.01. The van der Waals surface area contributed by atoms with Gasteiger partial charge in [-0.05, 0) is 48.9 Å². The van der Waals surface area contributed by atoms with Crippen molar-refractivity contribution < 1.29 is 28.2 Å². The molecule has 2 aliphatic heterocycles. The van der Waals surface area contributed by atoms with Crippen LogP contribution in [0.15, 0.2) is 60.7 Å². The van der Waals surface area contributed by atoms with Crippen LogP contribution in [0.3, 0.4) is 0 Å². The molecule has 2 aliphatic rings. The number of para-hydroxylation sites is 1. The lowest BCUT2D eigenvalue weighted by Crippen LogP contribution is -2.43. The minimum atomic E-state index is -1.58. The maximum atomic E-state index is 14.9. The molecular weight excluding hydrogens is 487 g/mol. The molecule has 0 amide bonds. The van der Waals surface area contributed by atoms with Gasteiger partial charge in [0.2, 0.25) is 0 Å². The Kier molecular flexibility index (Phi) is 6.80. The third-order valence-electron chi connectivity index (χ3n) is 6.13. The monoisotopic (exact) mass is 510 g/mol. The summed E-state index contributed by atoms with van der Waals surface area (Å²) in [5.74, 6) is -2.04. The highest BCUT2D eigenvalue weighted by atomic mass is 35.5. The Balaban J connectivity index is 1.41. The van der Waals surface area contributed by atoms with Crippen molar-refractivity contribution in [2.24, 2.45) is 0 Å². The normalized spacial score (nSPS) is 16.8. The summed E-state index contributed by atoms with van der Waals surface area (Å²) in [5.41, 5.74) is 2.25. The highest BCUT2D eigenvalue weighted by Gasteiger charge is 2.46. The van der Waals surface area contributed by atoms with Gasteiger partial charge in [0, 0.05) is 23.7 Å². The van der Waals surface area contributed by atoms with Crippen LogP contribution in [0.5, 0.6) is 11.5 Å². The van der Waals surface area contributed by atoms with E-state index in [0.29, 0.717) is 46.3 Å². The lowest BCUT2D eigenvalue weighted by molar-refractivity contribution is -0.225. The molecular formula is C27H24ClFN2O5. The van der Waals surface area contributed by atoms with E-state index in [2.05, 4.69) is 10.6 Å². The van der Waals surface area contributed by atoms with E-state index in [1.807, 2.05) is 18.2 Å². The molecule has 0 aliphatic carbocycles. The molecule has 0 bridgehead atoms. The molecule has 2 N–H and O–H groups in total. The SMILES string of the molecule is O=C1CCC(=O)OC2(CNCCc3c2ccc(Cl)c3NCc2ccc(Oc3ccccc3)cc2F)O1. The van der Waals surface area contributed by atoms with Gasteiger partial charge in [0.15, 0.2) is 0 Å². The van der Waals surface area contributed by atoms with Crippen molar-refractivity contribution in [3.63, 3.8) is 0 Å². The van der Waals surface area contributed by atoms with Gasteiger partial charge in [-0.3, -0.25) is 9.59 Å². The Morgan fingerprint density at radius 2 is 1.72 bits per heavy atom. The van der Waals surface area contributed by atoms with Crippen molar-refractivity contribution in [2.75, 3.05) is 18.4 Å². The minimum Gasteiger partial charge on any atom is -0.457 e. The Bertz CT molecular complexity index is 1280. The fourth-order valence-corrected chi connectivity index (χ4v) is 4.65. The summed E-state index contributed by atoms with van der Waals surface area (Å²) >= 11 is 6.54. The summed E-state index contributed by atoms with van der Waals surface area (Å²) < 4.78 is 31.9. The van der Waals surface area contributed by atoms with Crippen LogP contribution in [0.1, 0.15) is 29.5 Å². The molecule has 0 atom stereocenters. The molecule has 1 fully saturated rings. The lowest BCUT2D eigenvalue weighted by atomic mass is 9.96. The number of rotatable bonds is 5. The van der Waals surface area contributed by atoms with Crippen LogP contribution in [0.2, 0.25) is 5.02 Å². The van der Waals surface area contributed by atoms with Gasteiger partial charge in [-0.2, -0.15) is 0 Å². The predicted octanol–water partition coefficient (Wildman–Crippen LogP) is 5.06. The van der Waals surface area contributed by atoms with Gasteiger partial charge >= 0.3 is 11.9 Å². The molecule has 186 valence electrons. The Morgan fingerprint density at radius 3 is 2.44 bits per heavy atom. The number of nitrogens with one attached hydrogen (secondary N) is 2. The van der Waals surface area contributed by atoms with Crippen LogP contribution in [-0.4, -0.2) is 25.0 Å². The predicted molar refractivity (Wildman–Crippen MR) is 131 cm³/mol. The van der Waals surface area contributed by atoms with Gasteiger partial charge in [-0.25, -0.2) is 4.39 Å². The van der Waals surface area contributed by atoms with Crippen molar-refractivity contribution in [1.82, 2.24) is 5.32 Å². The number of ether oxygens (including phenoxy) is 3. The summed E-state index contributed by atoms with van der Waals surface area (Å²) in [5, 5.41) is 6.83. The largest absolute Gasteiger partial charge is 0.457 e. The number of carbonyl (C=O) groups is 2. The van der Waals surface area contributed by atoms with Gasteiger partial charge in [0.25, 0.3) is 5.79 Å². The number of hydrogen-bond donors (Lipinski definition) is 2. The van der Waals surface area contributed by atoms with E-state index < -0.39 is 23.5 Å². The first kappa shape index (κ1) is 24.1. The van der Waals surface area contributed by atoms with E-state index in [1.54, 1.807) is 36.4 Å². The van der Waals surface area contributed by atoms with E-state index in [4.69, 9.17) is 25.8 Å². The number of fused-ring (bicyclic) bond motifs is 2. The number of benzene rings is 3. The summed E-state index contributed by atoms with van der Waals surface area (Å²) in [6.07, 6.45) is 0.442. The smallest absolute Gasteiger partial charge is 0.309 e. The van der Waals surface area contributed by atoms with Gasteiger partial charge in [0.1, 0.15) is 17.3 Å². The van der Waals surface area contributed by atoms with Crippen LogP contribution < -0.4 is 15.4 Å². The third kappa shape index (κ3) is 5.01. The van der Waals surface area contributed by atoms with Gasteiger partial charge < -0.3 is 24.8 Å². The zero-order chi connectivity index (χ0) is 25.1. The fourth-order valence-electron chi connectivity index (χ4n) is 4.41. The Hall–Kier alpha value is -3.62. The van der Waals surface area contributed by atoms with Crippen molar-refractivity contribution in [1.29, 1.82) is 0 Å². The molecule has 5 rings (SSSR count). The van der Waals surface area contributed by atoms with Crippen LogP contribution in [0.4, 0.5) is 10.1 Å². The molecule has 36 heavy (non-hydrogen) atoms. The number of halogens is 2. The van der Waals surface area contributed by atoms with Crippen molar-refractivity contribution in [2.45, 2.75) is 31.6 Å². The number of hydrogen-bond acceptors (Lipinski definition) is 7. The molecule has 0 aromatic heterocycles. The zero-order valence-electron chi connectivity index (χ0n) is 19.3. The van der Waals surface area contributed by atoms with E-state index in [1.165, 1.54) is 6.07 Å². The van der Waals surface area contributed by atoms with E-state index >= 15 is 0 Å². The maximum Gasteiger partial charge on any atom is 0.309 e. The van der Waals surface area contributed by atoms with Crippen LogP contribution in [0.25, 0.3) is 0 Å². The minimum absolute atomic E-state index is 0.0438. The first-order valence-corrected chi connectivity index (χ1v) is 12.0. The molecule has 3 aromatic rings. The third-order valence-corrected chi connectivity index (χ3v) is 6.45. The molecule has 7 nitrogen and oxygen atoms in total. The molecule has 0 unspecified atom stereocenters. The molecule has 1 saturated heterocycles. The van der Waals surface area contributed by atoms with Crippen LogP contribution in [-0.2, 0) is 37.8 Å². The first-order chi connectivity index (χ1) is 17.4. The standard InChI is InChI=1S/C27H24ClFN2O5/c28-22-9-8-21-20(12-13-30-16-27(21)35-24(32)10-11-25(33)36-27)26(22)31-15-17-6-7-19(14-23(17)29)34-18-4-2-1-3-5-18/h1-9,14,30-31H,10-13,15-16H2. The highest BCUT2D eigenvalue weighted by molar-refractivity contribution is 6.33. The summed E-state index contributed by atoms with van der Waals surface area (Å²) in [6.45, 7) is 0.808. The van der Waals surface area contributed by atoms with Gasteiger partial charge in [-0.15, -0.1) is 0 Å². The number of anilines is 1. The molecule has 0 radical (unpaired) electrons.